The Morgan fingerprint density at radius 2 is 2.05 bits per heavy atom. The number of benzene rings is 1. The summed E-state index contributed by atoms with van der Waals surface area (Å²) >= 11 is 0. The largest absolute Gasteiger partial charge is 0.508 e. The molecule has 1 aliphatic heterocycles. The minimum Gasteiger partial charge on any atom is -0.508 e. The minimum atomic E-state index is 0.247. The van der Waals surface area contributed by atoms with E-state index >= 15 is 0 Å². The number of piperidine rings is 1. The number of hydrogen-bond acceptors (Lipinski definition) is 3. The molecule has 1 saturated heterocycles. The molecule has 0 radical (unpaired) electrons. The van der Waals surface area contributed by atoms with Crippen LogP contribution in [0.2, 0.25) is 0 Å². The summed E-state index contributed by atoms with van der Waals surface area (Å²) in [7, 11) is 0. The lowest BCUT2D eigenvalue weighted by Crippen LogP contribution is -2.51. The molecule has 0 spiro atoms. The van der Waals surface area contributed by atoms with Crippen LogP contribution in [0, 0.1) is 11.8 Å². The van der Waals surface area contributed by atoms with E-state index in [0.717, 1.165) is 19.5 Å². The third-order valence-electron chi connectivity index (χ3n) is 5.30. The van der Waals surface area contributed by atoms with E-state index in [4.69, 9.17) is 5.73 Å². The zero-order chi connectivity index (χ0) is 15.6. The number of aromatic hydroxyl groups is 1. The van der Waals surface area contributed by atoms with E-state index < -0.39 is 0 Å². The van der Waals surface area contributed by atoms with Crippen LogP contribution in [0.1, 0.15) is 45.6 Å². The summed E-state index contributed by atoms with van der Waals surface area (Å²) in [4.78, 5) is 2.54. The average molecular weight is 290 g/mol. The highest BCUT2D eigenvalue weighted by atomic mass is 16.3. The quantitative estimate of drug-likeness (QED) is 0.895. The monoisotopic (exact) mass is 290 g/mol. The van der Waals surface area contributed by atoms with E-state index in [1.807, 2.05) is 12.1 Å². The van der Waals surface area contributed by atoms with E-state index in [2.05, 4.69) is 38.7 Å². The van der Waals surface area contributed by atoms with Gasteiger partial charge in [-0.1, -0.05) is 32.9 Å². The predicted molar refractivity (Wildman–Crippen MR) is 88.5 cm³/mol. The van der Waals surface area contributed by atoms with Gasteiger partial charge < -0.3 is 10.8 Å². The maximum atomic E-state index is 9.70. The van der Waals surface area contributed by atoms with Crippen molar-refractivity contribution in [3.63, 3.8) is 0 Å². The van der Waals surface area contributed by atoms with E-state index in [0.29, 0.717) is 29.5 Å². The molecule has 118 valence electrons. The molecular weight excluding hydrogens is 260 g/mol. The molecule has 3 N–H and O–H groups in total. The Bertz CT molecular complexity index is 460. The molecule has 0 amide bonds. The zero-order valence-corrected chi connectivity index (χ0v) is 13.8. The van der Waals surface area contributed by atoms with Gasteiger partial charge in [-0.15, -0.1) is 0 Å². The highest BCUT2D eigenvalue weighted by Gasteiger charge is 2.34. The van der Waals surface area contributed by atoms with Crippen molar-refractivity contribution in [2.24, 2.45) is 17.6 Å². The van der Waals surface area contributed by atoms with Crippen molar-refractivity contribution in [2.45, 2.75) is 52.1 Å². The van der Waals surface area contributed by atoms with Crippen molar-refractivity contribution >= 4 is 0 Å². The fourth-order valence-corrected chi connectivity index (χ4v) is 3.40. The topological polar surface area (TPSA) is 49.5 Å². The normalized spacial score (nSPS) is 28.8. The van der Waals surface area contributed by atoms with Gasteiger partial charge >= 0.3 is 0 Å². The molecule has 0 unspecified atom stereocenters. The fraction of sp³-hybridized carbons (Fsp3) is 0.667. The van der Waals surface area contributed by atoms with Gasteiger partial charge in [0.25, 0.3) is 0 Å². The molecule has 2 rings (SSSR count). The number of nitrogens with zero attached hydrogens (tertiary/aromatic N) is 1. The Kier molecular flexibility index (Phi) is 5.28. The molecule has 1 heterocycles. The summed E-state index contributed by atoms with van der Waals surface area (Å²) < 4.78 is 0. The van der Waals surface area contributed by atoms with Crippen LogP contribution in [-0.4, -0.2) is 35.2 Å². The highest BCUT2D eigenvalue weighted by Crippen LogP contribution is 2.37. The zero-order valence-electron chi connectivity index (χ0n) is 13.8. The Labute approximate surface area is 129 Å². The molecule has 0 aromatic heterocycles. The first-order valence-electron chi connectivity index (χ1n) is 8.18. The van der Waals surface area contributed by atoms with Crippen LogP contribution in [0.3, 0.4) is 0 Å². The van der Waals surface area contributed by atoms with Crippen LogP contribution in [-0.2, 0) is 0 Å². The molecule has 1 aliphatic rings. The summed E-state index contributed by atoms with van der Waals surface area (Å²) in [6.45, 7) is 11.1. The molecule has 3 heteroatoms. The first-order chi connectivity index (χ1) is 9.90. The van der Waals surface area contributed by atoms with Crippen LogP contribution >= 0.6 is 0 Å². The standard InChI is InChI=1S/C18H30N2O/c1-12(2)18(19)11-20-9-8-17(13(3)14(20)4)15-6-5-7-16(21)10-15/h5-7,10,12-14,17-18,21H,8-9,11,19H2,1-4H3/t13-,14-,17+,18+/m0/s1. The van der Waals surface area contributed by atoms with Gasteiger partial charge in [0.1, 0.15) is 5.75 Å². The Morgan fingerprint density at radius 3 is 2.67 bits per heavy atom. The molecule has 0 bridgehead atoms. The molecule has 3 nitrogen and oxygen atoms in total. The molecular formula is C18H30N2O. The molecule has 21 heavy (non-hydrogen) atoms. The smallest absolute Gasteiger partial charge is 0.115 e. The maximum Gasteiger partial charge on any atom is 0.115 e. The number of phenolic OH excluding ortho intramolecular Hbond substituents is 1. The number of phenols is 1. The van der Waals surface area contributed by atoms with Gasteiger partial charge in [0.2, 0.25) is 0 Å². The first kappa shape index (κ1) is 16.3. The number of rotatable bonds is 4. The van der Waals surface area contributed by atoms with Crippen LogP contribution in [0.25, 0.3) is 0 Å². The van der Waals surface area contributed by atoms with E-state index in [1.54, 1.807) is 6.07 Å². The van der Waals surface area contributed by atoms with E-state index in [9.17, 15) is 5.11 Å². The SMILES string of the molecule is CC(C)[C@H](N)CN1CC[C@@H](c2cccc(O)c2)[C@@H](C)[C@@H]1C. The summed E-state index contributed by atoms with van der Waals surface area (Å²) in [5.41, 5.74) is 7.51. The summed E-state index contributed by atoms with van der Waals surface area (Å²) in [6, 6.07) is 8.53. The molecule has 4 atom stereocenters. The van der Waals surface area contributed by atoms with Gasteiger partial charge in [0, 0.05) is 18.6 Å². The minimum absolute atomic E-state index is 0.247. The molecule has 0 aliphatic carbocycles. The molecule has 1 aromatic rings. The van der Waals surface area contributed by atoms with Crippen molar-refractivity contribution in [3.8, 4) is 5.75 Å². The van der Waals surface area contributed by atoms with Crippen molar-refractivity contribution in [1.29, 1.82) is 0 Å². The van der Waals surface area contributed by atoms with Crippen LogP contribution in [0.15, 0.2) is 24.3 Å². The van der Waals surface area contributed by atoms with Gasteiger partial charge in [-0.25, -0.2) is 0 Å². The average Bonchev–Trinajstić information content (AvgIpc) is 2.44. The van der Waals surface area contributed by atoms with Crippen molar-refractivity contribution < 1.29 is 5.11 Å². The molecule has 1 fully saturated rings. The first-order valence-corrected chi connectivity index (χ1v) is 8.18. The van der Waals surface area contributed by atoms with Gasteiger partial charge in [0.05, 0.1) is 0 Å². The Balaban J connectivity index is 2.05. The lowest BCUT2D eigenvalue weighted by atomic mass is 9.77. The van der Waals surface area contributed by atoms with Crippen LogP contribution < -0.4 is 5.73 Å². The van der Waals surface area contributed by atoms with Crippen molar-refractivity contribution in [3.05, 3.63) is 29.8 Å². The molecule has 1 aromatic carbocycles. The molecule has 0 saturated carbocycles. The summed E-state index contributed by atoms with van der Waals surface area (Å²) in [6.07, 6.45) is 1.14. The lowest BCUT2D eigenvalue weighted by Gasteiger charge is -2.44. The Morgan fingerprint density at radius 1 is 1.33 bits per heavy atom. The van der Waals surface area contributed by atoms with Gasteiger partial charge in [-0.3, -0.25) is 4.90 Å². The second-order valence-electron chi connectivity index (χ2n) is 6.99. The van der Waals surface area contributed by atoms with Crippen LogP contribution in [0.5, 0.6) is 5.75 Å². The fourth-order valence-electron chi connectivity index (χ4n) is 3.40. The summed E-state index contributed by atoms with van der Waals surface area (Å²) in [5.74, 6) is 1.99. The second-order valence-corrected chi connectivity index (χ2v) is 6.99. The highest BCUT2D eigenvalue weighted by molar-refractivity contribution is 5.30. The van der Waals surface area contributed by atoms with Gasteiger partial charge in [-0.2, -0.15) is 0 Å². The summed E-state index contributed by atoms with van der Waals surface area (Å²) in [5, 5.41) is 9.70. The van der Waals surface area contributed by atoms with Crippen LogP contribution in [0.4, 0.5) is 0 Å². The predicted octanol–water partition coefficient (Wildman–Crippen LogP) is 3.19. The van der Waals surface area contributed by atoms with Gasteiger partial charge in [-0.05, 0) is 55.3 Å². The van der Waals surface area contributed by atoms with Gasteiger partial charge in [0.15, 0.2) is 0 Å². The van der Waals surface area contributed by atoms with Crippen molar-refractivity contribution in [1.82, 2.24) is 4.90 Å². The number of likely N-dealkylation sites (tertiary alicyclic amines) is 1. The lowest BCUT2D eigenvalue weighted by molar-refractivity contribution is 0.0850. The maximum absolute atomic E-state index is 9.70. The third kappa shape index (κ3) is 3.78. The second kappa shape index (κ2) is 6.80. The number of hydrogen-bond donors (Lipinski definition) is 2. The Hall–Kier alpha value is -1.06. The van der Waals surface area contributed by atoms with E-state index in [1.165, 1.54) is 5.56 Å². The van der Waals surface area contributed by atoms with Crippen molar-refractivity contribution in [2.75, 3.05) is 13.1 Å². The van der Waals surface area contributed by atoms with E-state index in [-0.39, 0.29) is 6.04 Å². The third-order valence-corrected chi connectivity index (χ3v) is 5.30. The number of nitrogens with two attached hydrogens (primary N) is 1.